The van der Waals surface area contributed by atoms with E-state index in [-0.39, 0.29) is 17.4 Å². The summed E-state index contributed by atoms with van der Waals surface area (Å²) in [4.78, 5) is 24.9. The van der Waals surface area contributed by atoms with Crippen LogP contribution in [-0.4, -0.2) is 18.1 Å². The van der Waals surface area contributed by atoms with Gasteiger partial charge in [0.1, 0.15) is 11.3 Å². The number of methoxy groups -OCH3 is 1. The van der Waals surface area contributed by atoms with Crippen LogP contribution in [0, 0.1) is 0 Å². The summed E-state index contributed by atoms with van der Waals surface area (Å²) in [6, 6.07) is 21.3. The first-order chi connectivity index (χ1) is 15.9. The zero-order chi connectivity index (χ0) is 23.4. The summed E-state index contributed by atoms with van der Waals surface area (Å²) in [5, 5.41) is 7.14. The lowest BCUT2D eigenvalue weighted by Crippen LogP contribution is -2.35. The van der Waals surface area contributed by atoms with E-state index < -0.39 is 5.63 Å². The van der Waals surface area contributed by atoms with Crippen molar-refractivity contribution < 1.29 is 13.9 Å². The van der Waals surface area contributed by atoms with E-state index in [2.05, 4.69) is 10.6 Å². The Morgan fingerprint density at radius 3 is 2.58 bits per heavy atom. The summed E-state index contributed by atoms with van der Waals surface area (Å²) in [6.45, 7) is 0. The minimum absolute atomic E-state index is 0.106. The number of ether oxygens (including phenoxy) is 1. The zero-order valence-electron chi connectivity index (χ0n) is 17.6. The maximum Gasteiger partial charge on any atom is 0.344 e. The largest absolute Gasteiger partial charge is 0.495 e. The Kier molecular flexibility index (Phi) is 6.72. The second-order valence-corrected chi connectivity index (χ2v) is 8.05. The lowest BCUT2D eigenvalue weighted by atomic mass is 10.0. The molecule has 0 aliphatic carbocycles. The highest BCUT2D eigenvalue weighted by Gasteiger charge is 2.13. The number of anilines is 1. The van der Waals surface area contributed by atoms with E-state index in [0.29, 0.717) is 33.2 Å². The number of nitrogens with one attached hydrogen (secondary N) is 2. The third-order valence-electron chi connectivity index (χ3n) is 4.93. The molecule has 0 atom stereocenters. The molecule has 0 saturated carbocycles. The van der Waals surface area contributed by atoms with Gasteiger partial charge < -0.3 is 19.8 Å². The van der Waals surface area contributed by atoms with E-state index in [1.165, 1.54) is 7.11 Å². The number of carbonyl (C=O) groups excluding carboxylic acids is 1. The number of fused-ring (bicyclic) bond motifs is 1. The second-order valence-electron chi connectivity index (χ2n) is 7.21. The third kappa shape index (κ3) is 5.39. The first kappa shape index (κ1) is 22.5. The molecular weight excluding hydrogens is 460 g/mol. The van der Waals surface area contributed by atoms with Crippen LogP contribution in [0.25, 0.3) is 22.1 Å². The van der Waals surface area contributed by atoms with Gasteiger partial charge in [-0.05, 0) is 59.7 Å². The molecule has 0 fully saturated rings. The Hall–Kier alpha value is -3.68. The van der Waals surface area contributed by atoms with Gasteiger partial charge in [0.25, 0.3) is 0 Å². The summed E-state index contributed by atoms with van der Waals surface area (Å²) in [5.74, 6) is 0.221. The first-order valence-corrected chi connectivity index (χ1v) is 10.8. The van der Waals surface area contributed by atoms with Crippen molar-refractivity contribution in [3.8, 4) is 16.9 Å². The summed E-state index contributed by atoms with van der Waals surface area (Å²) < 4.78 is 10.8. The average molecular weight is 479 g/mol. The van der Waals surface area contributed by atoms with Gasteiger partial charge in [-0.25, -0.2) is 4.79 Å². The Balaban J connectivity index is 1.54. The summed E-state index contributed by atoms with van der Waals surface area (Å²) in [7, 11) is 1.52. The molecule has 8 heteroatoms. The predicted molar refractivity (Wildman–Crippen MR) is 134 cm³/mol. The molecule has 0 bridgehead atoms. The van der Waals surface area contributed by atoms with Gasteiger partial charge in [0.05, 0.1) is 24.8 Å². The molecule has 0 aliphatic rings. The fourth-order valence-electron chi connectivity index (χ4n) is 3.35. The molecule has 0 unspecified atom stereocenters. The Bertz CT molecular complexity index is 1400. The van der Waals surface area contributed by atoms with Crippen molar-refractivity contribution in [1.82, 2.24) is 5.32 Å². The first-order valence-electron chi connectivity index (χ1n) is 9.99. The van der Waals surface area contributed by atoms with Crippen LogP contribution in [0.1, 0.15) is 5.56 Å². The molecule has 0 radical (unpaired) electrons. The van der Waals surface area contributed by atoms with Gasteiger partial charge in [-0.1, -0.05) is 48.0 Å². The number of hydrogen-bond acceptors (Lipinski definition) is 5. The van der Waals surface area contributed by atoms with Gasteiger partial charge in [-0.15, -0.1) is 0 Å². The molecule has 1 heterocycles. The molecule has 4 aromatic rings. The van der Waals surface area contributed by atoms with Gasteiger partial charge in [-0.3, -0.25) is 4.79 Å². The smallest absolute Gasteiger partial charge is 0.344 e. The number of benzene rings is 3. The molecule has 2 N–H and O–H groups in total. The SMILES string of the molecule is COc1ccc(-c2cc3ccccc3oc2=O)cc1NC(=S)NC(=O)Cc1ccc(Cl)cc1. The monoisotopic (exact) mass is 478 g/mol. The Morgan fingerprint density at radius 1 is 1.06 bits per heavy atom. The maximum atomic E-state index is 12.6. The maximum absolute atomic E-state index is 12.6. The van der Waals surface area contributed by atoms with E-state index in [1.54, 1.807) is 54.6 Å². The average Bonchev–Trinajstić information content (AvgIpc) is 2.80. The number of hydrogen-bond donors (Lipinski definition) is 2. The molecule has 33 heavy (non-hydrogen) atoms. The molecule has 0 saturated heterocycles. The van der Waals surface area contributed by atoms with Gasteiger partial charge in [0.2, 0.25) is 5.91 Å². The van der Waals surface area contributed by atoms with Crippen molar-refractivity contribution in [2.24, 2.45) is 0 Å². The van der Waals surface area contributed by atoms with Crippen LogP contribution >= 0.6 is 23.8 Å². The van der Waals surface area contributed by atoms with Crippen molar-refractivity contribution in [3.05, 3.63) is 93.8 Å². The Labute approximate surface area is 200 Å². The van der Waals surface area contributed by atoms with Crippen LogP contribution in [0.5, 0.6) is 5.75 Å². The van der Waals surface area contributed by atoms with Gasteiger partial charge in [0.15, 0.2) is 5.11 Å². The normalized spacial score (nSPS) is 10.6. The Morgan fingerprint density at radius 2 is 1.82 bits per heavy atom. The molecule has 0 spiro atoms. The summed E-state index contributed by atoms with van der Waals surface area (Å²) in [5.41, 5.74) is 2.39. The van der Waals surface area contributed by atoms with Gasteiger partial charge in [-0.2, -0.15) is 0 Å². The van der Waals surface area contributed by atoms with E-state index in [1.807, 2.05) is 18.2 Å². The zero-order valence-corrected chi connectivity index (χ0v) is 19.1. The molecule has 4 rings (SSSR count). The standard InChI is InChI=1S/C25H19ClN2O4S/c1-31-22-11-8-16(19-13-17-4-2-3-5-21(17)32-24(19)30)14-20(22)27-25(33)28-23(29)12-15-6-9-18(26)10-7-15/h2-11,13-14H,12H2,1H3,(H2,27,28,29,33). The van der Waals surface area contributed by atoms with Crippen molar-refractivity contribution in [3.63, 3.8) is 0 Å². The van der Waals surface area contributed by atoms with E-state index >= 15 is 0 Å². The van der Waals surface area contributed by atoms with E-state index in [4.69, 9.17) is 33.0 Å². The van der Waals surface area contributed by atoms with Crippen LogP contribution in [-0.2, 0) is 11.2 Å². The highest BCUT2D eigenvalue weighted by Crippen LogP contribution is 2.30. The molecule has 1 amide bonds. The van der Waals surface area contributed by atoms with Crippen molar-refractivity contribution in [2.75, 3.05) is 12.4 Å². The van der Waals surface area contributed by atoms with Crippen LogP contribution in [0.4, 0.5) is 5.69 Å². The molecular formula is C25H19ClN2O4S. The van der Waals surface area contributed by atoms with Gasteiger partial charge in [0, 0.05) is 10.4 Å². The van der Waals surface area contributed by atoms with E-state index in [0.717, 1.165) is 10.9 Å². The van der Waals surface area contributed by atoms with Crippen molar-refractivity contribution in [1.29, 1.82) is 0 Å². The number of carbonyl (C=O) groups is 1. The number of rotatable bonds is 5. The van der Waals surface area contributed by atoms with Crippen LogP contribution in [0.3, 0.4) is 0 Å². The minimum atomic E-state index is -0.455. The minimum Gasteiger partial charge on any atom is -0.495 e. The number of para-hydroxylation sites is 1. The lowest BCUT2D eigenvalue weighted by molar-refractivity contribution is -0.119. The molecule has 166 valence electrons. The second kappa shape index (κ2) is 9.85. The fourth-order valence-corrected chi connectivity index (χ4v) is 3.70. The topological polar surface area (TPSA) is 80.6 Å². The molecule has 1 aromatic heterocycles. The van der Waals surface area contributed by atoms with Crippen LogP contribution in [0.15, 0.2) is 82.0 Å². The fraction of sp³-hybridized carbons (Fsp3) is 0.0800. The molecule has 0 aliphatic heterocycles. The number of halogens is 1. The third-order valence-corrected chi connectivity index (χ3v) is 5.39. The van der Waals surface area contributed by atoms with Crippen molar-refractivity contribution >= 4 is 51.5 Å². The summed E-state index contributed by atoms with van der Waals surface area (Å²) >= 11 is 11.2. The number of amides is 1. The van der Waals surface area contributed by atoms with Crippen LogP contribution < -0.4 is 21.0 Å². The number of thiocarbonyl (C=S) groups is 1. The highest BCUT2D eigenvalue weighted by molar-refractivity contribution is 7.80. The predicted octanol–water partition coefficient (Wildman–Crippen LogP) is 5.18. The quantitative estimate of drug-likeness (QED) is 0.304. The molecule has 3 aromatic carbocycles. The molecule has 6 nitrogen and oxygen atoms in total. The summed E-state index contributed by atoms with van der Waals surface area (Å²) in [6.07, 6.45) is 0.147. The van der Waals surface area contributed by atoms with E-state index in [9.17, 15) is 9.59 Å². The van der Waals surface area contributed by atoms with Crippen molar-refractivity contribution in [2.45, 2.75) is 6.42 Å². The lowest BCUT2D eigenvalue weighted by Gasteiger charge is -2.14. The highest BCUT2D eigenvalue weighted by atomic mass is 35.5. The van der Waals surface area contributed by atoms with Crippen LogP contribution in [0.2, 0.25) is 5.02 Å². The van der Waals surface area contributed by atoms with Gasteiger partial charge >= 0.3 is 5.63 Å².